The van der Waals surface area contributed by atoms with Gasteiger partial charge in [0.1, 0.15) is 5.52 Å². The lowest BCUT2D eigenvalue weighted by molar-refractivity contribution is -0.0399. The molecule has 7 nitrogen and oxygen atoms in total. The highest BCUT2D eigenvalue weighted by Gasteiger charge is 2.35. The van der Waals surface area contributed by atoms with Gasteiger partial charge in [0, 0.05) is 43.0 Å². The molecule has 0 saturated heterocycles. The van der Waals surface area contributed by atoms with Crippen LogP contribution in [0.1, 0.15) is 48.8 Å². The van der Waals surface area contributed by atoms with Crippen LogP contribution in [0.2, 0.25) is 0 Å². The lowest BCUT2D eigenvalue weighted by Gasteiger charge is -2.29. The highest BCUT2D eigenvalue weighted by atomic mass is 19.3. The summed E-state index contributed by atoms with van der Waals surface area (Å²) in [5.74, 6) is -2.50. The third-order valence-electron chi connectivity index (χ3n) is 6.05. The van der Waals surface area contributed by atoms with Gasteiger partial charge in [0.15, 0.2) is 11.6 Å². The summed E-state index contributed by atoms with van der Waals surface area (Å²) in [5, 5.41) is 10.4. The molecule has 0 unspecified atom stereocenters. The fourth-order valence-electron chi connectivity index (χ4n) is 3.89. The maximum Gasteiger partial charge on any atom is 0.259 e. The summed E-state index contributed by atoms with van der Waals surface area (Å²) in [5.41, 5.74) is 1.57. The fourth-order valence-corrected chi connectivity index (χ4v) is 3.89. The Hall–Kier alpha value is -4.02. The molecular formula is C26H26F4N6O. The lowest BCUT2D eigenvalue weighted by Crippen LogP contribution is -2.40. The Morgan fingerprint density at radius 1 is 1.27 bits per heavy atom. The standard InChI is InChI=1S/C26H26F4N6O/c1-16(22(27)28)5-3-6-17(2)23-34-24(21-7-4-14-36(21)35-23)33-20-10-13-31-15-19(20)25(37)32-18-8-11-26(29,30)12-9-18/h3-7,10,13-15,18,22H,2,8-9,11-12H2,1H3,(H,32,37)(H,31,33,34,35)/b6-3-,16-5+. The predicted molar refractivity (Wildman–Crippen MR) is 133 cm³/mol. The number of hydrogen-bond acceptors (Lipinski definition) is 5. The van der Waals surface area contributed by atoms with E-state index in [0.717, 1.165) is 0 Å². The summed E-state index contributed by atoms with van der Waals surface area (Å²) in [6, 6.07) is 4.81. The van der Waals surface area contributed by atoms with E-state index in [9.17, 15) is 22.4 Å². The molecule has 3 aromatic rings. The van der Waals surface area contributed by atoms with Crippen LogP contribution in [0, 0.1) is 0 Å². The van der Waals surface area contributed by atoms with Crippen LogP contribution in [-0.2, 0) is 0 Å². The van der Waals surface area contributed by atoms with E-state index in [2.05, 4.69) is 32.3 Å². The molecule has 3 heterocycles. The number of pyridine rings is 1. The van der Waals surface area contributed by atoms with E-state index in [4.69, 9.17) is 0 Å². The molecule has 4 rings (SSSR count). The molecule has 0 atom stereocenters. The van der Waals surface area contributed by atoms with Crippen LogP contribution >= 0.6 is 0 Å². The largest absolute Gasteiger partial charge is 0.349 e. The van der Waals surface area contributed by atoms with Crippen molar-refractivity contribution in [1.29, 1.82) is 0 Å². The predicted octanol–water partition coefficient (Wildman–Crippen LogP) is 5.96. The van der Waals surface area contributed by atoms with Crippen molar-refractivity contribution in [1.82, 2.24) is 24.9 Å². The number of carbonyl (C=O) groups is 1. The van der Waals surface area contributed by atoms with E-state index in [1.54, 1.807) is 28.9 Å². The van der Waals surface area contributed by atoms with E-state index < -0.39 is 18.3 Å². The molecule has 194 valence electrons. The van der Waals surface area contributed by atoms with E-state index in [1.165, 1.54) is 37.5 Å². The van der Waals surface area contributed by atoms with Crippen LogP contribution in [0.5, 0.6) is 0 Å². The van der Waals surface area contributed by atoms with E-state index in [1.807, 2.05) is 0 Å². The molecule has 3 aromatic heterocycles. The molecule has 1 fully saturated rings. The van der Waals surface area contributed by atoms with Gasteiger partial charge >= 0.3 is 0 Å². The Balaban J connectivity index is 1.57. The SMILES string of the molecule is C=C(/C=C\C=C(/C)C(F)F)c1nc(Nc2ccncc2C(=O)NC2CCC(F)(F)CC2)c2cccn2n1. The molecule has 1 aliphatic carbocycles. The van der Waals surface area contributed by atoms with Crippen LogP contribution in [0.25, 0.3) is 11.1 Å². The van der Waals surface area contributed by atoms with Crippen molar-refractivity contribution in [2.24, 2.45) is 0 Å². The molecule has 2 N–H and O–H groups in total. The molecule has 37 heavy (non-hydrogen) atoms. The van der Waals surface area contributed by atoms with Crippen LogP contribution < -0.4 is 10.6 Å². The number of halogens is 4. The van der Waals surface area contributed by atoms with Gasteiger partial charge in [0.2, 0.25) is 5.92 Å². The first-order valence-corrected chi connectivity index (χ1v) is 11.7. The highest BCUT2D eigenvalue weighted by Crippen LogP contribution is 2.33. The number of alkyl halides is 4. The number of nitrogens with zero attached hydrogens (tertiary/aromatic N) is 4. The number of allylic oxidation sites excluding steroid dienone is 5. The Morgan fingerprint density at radius 3 is 2.76 bits per heavy atom. The second-order valence-electron chi connectivity index (χ2n) is 8.87. The fraction of sp³-hybridized carbons (Fsp3) is 0.308. The van der Waals surface area contributed by atoms with Gasteiger partial charge in [0.05, 0.1) is 11.3 Å². The van der Waals surface area contributed by atoms with Crippen LogP contribution in [-0.4, -0.2) is 43.9 Å². The average Bonchev–Trinajstić information content (AvgIpc) is 3.34. The van der Waals surface area contributed by atoms with Crippen molar-refractivity contribution in [3.8, 4) is 0 Å². The second-order valence-corrected chi connectivity index (χ2v) is 8.87. The van der Waals surface area contributed by atoms with Crippen LogP contribution in [0.15, 0.2) is 67.2 Å². The Labute approximate surface area is 211 Å². The van der Waals surface area contributed by atoms with Gasteiger partial charge in [-0.3, -0.25) is 9.78 Å². The van der Waals surface area contributed by atoms with E-state index in [-0.39, 0.29) is 48.7 Å². The summed E-state index contributed by atoms with van der Waals surface area (Å²) < 4.78 is 53.9. The maximum absolute atomic E-state index is 13.5. The number of hydrogen-bond donors (Lipinski definition) is 2. The minimum Gasteiger partial charge on any atom is -0.349 e. The number of aromatic nitrogens is 4. The van der Waals surface area contributed by atoms with Gasteiger partial charge in [-0.2, -0.15) is 0 Å². The summed E-state index contributed by atoms with van der Waals surface area (Å²) in [6.45, 7) is 5.26. The smallest absolute Gasteiger partial charge is 0.259 e. The first-order valence-electron chi connectivity index (χ1n) is 11.7. The molecule has 0 aliphatic heterocycles. The second kappa shape index (κ2) is 10.9. The molecule has 11 heteroatoms. The number of amides is 1. The molecule has 0 radical (unpaired) electrons. The summed E-state index contributed by atoms with van der Waals surface area (Å²) >= 11 is 0. The molecule has 0 aromatic carbocycles. The molecule has 1 saturated carbocycles. The Bertz CT molecular complexity index is 1350. The Morgan fingerprint density at radius 2 is 2.03 bits per heavy atom. The van der Waals surface area contributed by atoms with Crippen LogP contribution in [0.4, 0.5) is 29.1 Å². The number of nitrogens with one attached hydrogen (secondary N) is 2. The van der Waals surface area contributed by atoms with E-state index in [0.29, 0.717) is 22.6 Å². The molecule has 0 bridgehead atoms. The normalized spacial score (nSPS) is 16.4. The monoisotopic (exact) mass is 514 g/mol. The third kappa shape index (κ3) is 6.41. The number of rotatable bonds is 8. The zero-order valence-corrected chi connectivity index (χ0v) is 20.1. The average molecular weight is 515 g/mol. The van der Waals surface area contributed by atoms with Crippen molar-refractivity contribution in [3.05, 3.63) is 78.6 Å². The summed E-state index contributed by atoms with van der Waals surface area (Å²) in [7, 11) is 0. The van der Waals surface area contributed by atoms with Crippen molar-refractivity contribution in [2.75, 3.05) is 5.32 Å². The molecular weight excluding hydrogens is 488 g/mol. The van der Waals surface area contributed by atoms with Gasteiger partial charge in [-0.15, -0.1) is 5.10 Å². The van der Waals surface area contributed by atoms with Crippen molar-refractivity contribution < 1.29 is 22.4 Å². The third-order valence-corrected chi connectivity index (χ3v) is 6.05. The van der Waals surface area contributed by atoms with Crippen molar-refractivity contribution >= 4 is 28.5 Å². The topological polar surface area (TPSA) is 84.2 Å². The van der Waals surface area contributed by atoms with Crippen molar-refractivity contribution in [3.63, 3.8) is 0 Å². The number of carbonyl (C=O) groups excluding carboxylic acids is 1. The van der Waals surface area contributed by atoms with Crippen LogP contribution in [0.3, 0.4) is 0 Å². The quantitative estimate of drug-likeness (QED) is 0.286. The zero-order chi connectivity index (χ0) is 26.6. The van der Waals surface area contributed by atoms with E-state index >= 15 is 0 Å². The lowest BCUT2D eigenvalue weighted by atomic mass is 9.92. The molecule has 1 aliphatic rings. The molecule has 0 spiro atoms. The summed E-state index contributed by atoms with van der Waals surface area (Å²) in [4.78, 5) is 21.6. The van der Waals surface area contributed by atoms with Gasteiger partial charge in [-0.1, -0.05) is 24.8 Å². The van der Waals surface area contributed by atoms with Gasteiger partial charge in [-0.25, -0.2) is 27.1 Å². The first-order chi connectivity index (χ1) is 17.6. The zero-order valence-electron chi connectivity index (χ0n) is 20.1. The van der Waals surface area contributed by atoms with Gasteiger partial charge in [0.25, 0.3) is 12.3 Å². The van der Waals surface area contributed by atoms with Crippen molar-refractivity contribution in [2.45, 2.75) is 51.0 Å². The van der Waals surface area contributed by atoms with Gasteiger partial charge in [-0.05, 0) is 43.5 Å². The minimum absolute atomic E-state index is 0.0846. The number of fused-ring (bicyclic) bond motifs is 1. The number of anilines is 2. The first kappa shape index (κ1) is 26.1. The molecule has 1 amide bonds. The Kier molecular flexibility index (Phi) is 7.70. The summed E-state index contributed by atoms with van der Waals surface area (Å²) in [6.07, 6.45) is 6.21. The van der Waals surface area contributed by atoms with Gasteiger partial charge < -0.3 is 10.6 Å². The minimum atomic E-state index is -2.69. The highest BCUT2D eigenvalue weighted by molar-refractivity contribution is 6.00. The maximum atomic E-state index is 13.5.